The molecule has 0 radical (unpaired) electrons. The summed E-state index contributed by atoms with van der Waals surface area (Å²) in [6.45, 7) is 11.6. The largest absolute Gasteiger partial charge is 0.495 e. The molecular formula is C22H34ClN3O3. The number of ether oxygens (including phenoxy) is 2. The smallest absolute Gasteiger partial charge is 0.237 e. The second kappa shape index (κ2) is 9.54. The lowest BCUT2D eigenvalue weighted by Gasteiger charge is -2.41. The summed E-state index contributed by atoms with van der Waals surface area (Å²) in [6, 6.07) is 5.62. The van der Waals surface area contributed by atoms with Gasteiger partial charge in [-0.3, -0.25) is 9.69 Å². The van der Waals surface area contributed by atoms with Crippen LogP contribution < -0.4 is 15.0 Å². The second-order valence-electron chi connectivity index (χ2n) is 8.66. The molecular weight excluding hydrogens is 390 g/mol. The minimum absolute atomic E-state index is 0.114. The van der Waals surface area contributed by atoms with Gasteiger partial charge in [0.15, 0.2) is 0 Å². The molecule has 2 aliphatic rings. The van der Waals surface area contributed by atoms with Crippen LogP contribution in [0.25, 0.3) is 0 Å². The maximum Gasteiger partial charge on any atom is 0.237 e. The maximum absolute atomic E-state index is 13.2. The van der Waals surface area contributed by atoms with Gasteiger partial charge in [-0.2, -0.15) is 0 Å². The average molecular weight is 424 g/mol. The first-order valence-electron chi connectivity index (χ1n) is 10.6. The Balaban J connectivity index is 1.65. The number of methoxy groups -OCH3 is 1. The van der Waals surface area contributed by atoms with E-state index in [1.807, 2.05) is 18.2 Å². The number of anilines is 1. The molecule has 0 saturated carbocycles. The standard InChI is InChI=1S/C22H34ClN3O3/c1-14(2)21(26-11-15(3)29-16(4)12-26)22(27)24-18-8-9-25(13-18)19-10-17(23)6-7-20(19)28-5/h6-7,10,14-16,18,21H,8-9,11-13H2,1-5H3,(H,24,27). The lowest BCUT2D eigenvalue weighted by atomic mass is 9.99. The summed E-state index contributed by atoms with van der Waals surface area (Å²) < 4.78 is 11.3. The van der Waals surface area contributed by atoms with E-state index in [9.17, 15) is 4.79 Å². The Kier molecular flexibility index (Phi) is 7.30. The number of benzene rings is 1. The number of hydrogen-bond acceptors (Lipinski definition) is 5. The fourth-order valence-electron chi connectivity index (χ4n) is 4.63. The van der Waals surface area contributed by atoms with Crippen molar-refractivity contribution in [3.05, 3.63) is 23.2 Å². The highest BCUT2D eigenvalue weighted by Crippen LogP contribution is 2.33. The predicted octanol–water partition coefficient (Wildman–Crippen LogP) is 3.18. The number of amides is 1. The first-order valence-corrected chi connectivity index (χ1v) is 10.9. The van der Waals surface area contributed by atoms with Crippen LogP contribution in [0.1, 0.15) is 34.1 Å². The summed E-state index contributed by atoms with van der Waals surface area (Å²) in [7, 11) is 1.67. The third-order valence-corrected chi connectivity index (χ3v) is 5.99. The SMILES string of the molecule is COc1ccc(Cl)cc1N1CCC(NC(=O)C(C(C)C)N2CC(C)OC(C)C2)C1. The van der Waals surface area contributed by atoms with Gasteiger partial charge in [-0.15, -0.1) is 0 Å². The van der Waals surface area contributed by atoms with Crippen molar-refractivity contribution in [2.75, 3.05) is 38.2 Å². The molecule has 3 rings (SSSR count). The van der Waals surface area contributed by atoms with Crippen molar-refractivity contribution in [2.45, 2.75) is 58.4 Å². The highest BCUT2D eigenvalue weighted by atomic mass is 35.5. The van der Waals surface area contributed by atoms with Crippen LogP contribution in [0.15, 0.2) is 18.2 Å². The summed E-state index contributed by atoms with van der Waals surface area (Å²) in [6.07, 6.45) is 1.19. The second-order valence-corrected chi connectivity index (χ2v) is 9.09. The number of nitrogens with zero attached hydrogens (tertiary/aromatic N) is 2. The molecule has 0 bridgehead atoms. The van der Waals surface area contributed by atoms with Crippen molar-refractivity contribution in [2.24, 2.45) is 5.92 Å². The zero-order chi connectivity index (χ0) is 21.1. The third kappa shape index (κ3) is 5.36. The topological polar surface area (TPSA) is 54.0 Å². The van der Waals surface area contributed by atoms with E-state index in [2.05, 4.69) is 42.8 Å². The van der Waals surface area contributed by atoms with E-state index < -0.39 is 0 Å². The van der Waals surface area contributed by atoms with Gasteiger partial charge in [-0.25, -0.2) is 0 Å². The highest BCUT2D eigenvalue weighted by Gasteiger charge is 2.36. The van der Waals surface area contributed by atoms with Gasteiger partial charge >= 0.3 is 0 Å². The maximum atomic E-state index is 13.2. The number of rotatable bonds is 6. The number of carbonyl (C=O) groups is 1. The van der Waals surface area contributed by atoms with E-state index in [0.717, 1.165) is 44.0 Å². The fraction of sp³-hybridized carbons (Fsp3) is 0.682. The molecule has 162 valence electrons. The molecule has 2 aliphatic heterocycles. The molecule has 4 unspecified atom stereocenters. The molecule has 1 N–H and O–H groups in total. The average Bonchev–Trinajstić information content (AvgIpc) is 3.08. The van der Waals surface area contributed by atoms with Gasteiger partial charge in [-0.05, 0) is 44.4 Å². The highest BCUT2D eigenvalue weighted by molar-refractivity contribution is 6.30. The van der Waals surface area contributed by atoms with E-state index in [0.29, 0.717) is 5.02 Å². The van der Waals surface area contributed by atoms with Gasteiger partial charge < -0.3 is 19.7 Å². The number of nitrogens with one attached hydrogen (secondary N) is 1. The summed E-state index contributed by atoms with van der Waals surface area (Å²) in [4.78, 5) is 17.7. The monoisotopic (exact) mass is 423 g/mol. The molecule has 1 aromatic carbocycles. The van der Waals surface area contributed by atoms with Crippen LogP contribution in [0.3, 0.4) is 0 Å². The Morgan fingerprint density at radius 3 is 2.55 bits per heavy atom. The minimum atomic E-state index is -0.140. The molecule has 0 aliphatic carbocycles. The zero-order valence-corrected chi connectivity index (χ0v) is 18.9. The van der Waals surface area contributed by atoms with Gasteiger partial charge in [-0.1, -0.05) is 25.4 Å². The van der Waals surface area contributed by atoms with E-state index in [1.165, 1.54) is 0 Å². The molecule has 2 saturated heterocycles. The van der Waals surface area contributed by atoms with Crippen LogP contribution in [0, 0.1) is 5.92 Å². The van der Waals surface area contributed by atoms with Crippen molar-refractivity contribution in [1.82, 2.24) is 10.2 Å². The Labute approximate surface area is 179 Å². The first kappa shape index (κ1) is 22.2. The van der Waals surface area contributed by atoms with Crippen LogP contribution in [0.2, 0.25) is 5.02 Å². The molecule has 2 fully saturated rings. The van der Waals surface area contributed by atoms with Crippen LogP contribution in [-0.4, -0.2) is 68.4 Å². The quantitative estimate of drug-likeness (QED) is 0.761. The van der Waals surface area contributed by atoms with Gasteiger partial charge in [0.25, 0.3) is 0 Å². The normalized spacial score (nSPS) is 26.6. The molecule has 29 heavy (non-hydrogen) atoms. The van der Waals surface area contributed by atoms with Crippen LogP contribution in [0.4, 0.5) is 5.69 Å². The molecule has 4 atom stereocenters. The minimum Gasteiger partial charge on any atom is -0.495 e. The zero-order valence-electron chi connectivity index (χ0n) is 18.2. The Morgan fingerprint density at radius 2 is 1.93 bits per heavy atom. The van der Waals surface area contributed by atoms with Crippen molar-refractivity contribution in [3.8, 4) is 5.75 Å². The third-order valence-electron chi connectivity index (χ3n) is 5.76. The molecule has 1 amide bonds. The van der Waals surface area contributed by atoms with Gasteiger partial charge in [0.05, 0.1) is 31.0 Å². The Bertz CT molecular complexity index is 705. The number of carbonyl (C=O) groups excluding carboxylic acids is 1. The predicted molar refractivity (Wildman–Crippen MR) is 117 cm³/mol. The van der Waals surface area contributed by atoms with E-state index in [1.54, 1.807) is 7.11 Å². The van der Waals surface area contributed by atoms with Crippen LogP contribution >= 0.6 is 11.6 Å². The molecule has 7 heteroatoms. The van der Waals surface area contributed by atoms with Gasteiger partial charge in [0.2, 0.25) is 5.91 Å². The number of hydrogen-bond donors (Lipinski definition) is 1. The van der Waals surface area contributed by atoms with E-state index >= 15 is 0 Å². The van der Waals surface area contributed by atoms with Crippen molar-refractivity contribution in [3.63, 3.8) is 0 Å². The summed E-state index contributed by atoms with van der Waals surface area (Å²) in [5.74, 6) is 1.15. The fourth-order valence-corrected chi connectivity index (χ4v) is 4.80. The van der Waals surface area contributed by atoms with Gasteiger partial charge in [0, 0.05) is 37.2 Å². The Morgan fingerprint density at radius 1 is 1.24 bits per heavy atom. The van der Waals surface area contributed by atoms with E-state index in [4.69, 9.17) is 21.1 Å². The first-order chi connectivity index (χ1) is 13.8. The molecule has 6 nitrogen and oxygen atoms in total. The van der Waals surface area contributed by atoms with Crippen molar-refractivity contribution in [1.29, 1.82) is 0 Å². The molecule has 1 aromatic rings. The van der Waals surface area contributed by atoms with Crippen LogP contribution in [0.5, 0.6) is 5.75 Å². The summed E-state index contributed by atoms with van der Waals surface area (Å²) in [5, 5.41) is 3.99. The van der Waals surface area contributed by atoms with Crippen LogP contribution in [-0.2, 0) is 9.53 Å². The molecule has 0 aromatic heterocycles. The molecule has 0 spiro atoms. The lowest BCUT2D eigenvalue weighted by Crippen LogP contribution is -2.58. The van der Waals surface area contributed by atoms with Gasteiger partial charge in [0.1, 0.15) is 5.75 Å². The lowest BCUT2D eigenvalue weighted by molar-refractivity contribution is -0.136. The Hall–Kier alpha value is -1.50. The van der Waals surface area contributed by atoms with Crippen molar-refractivity contribution >= 4 is 23.2 Å². The number of morpholine rings is 1. The summed E-state index contributed by atoms with van der Waals surface area (Å²) in [5.41, 5.74) is 0.980. The summed E-state index contributed by atoms with van der Waals surface area (Å²) >= 11 is 6.19. The molecule has 2 heterocycles. The van der Waals surface area contributed by atoms with Crippen molar-refractivity contribution < 1.29 is 14.3 Å². The van der Waals surface area contributed by atoms with E-state index in [-0.39, 0.29) is 36.1 Å². The number of halogens is 1.